The molecule has 0 unspecified atom stereocenters. The standard InChI is InChI=1S/C46H31N3O/c1-2-12-31-14-8-9-18-38(31)32-22-24-34(25-23-32)45-47-44(33-15-4-3-5-16-33)48-46(49-45)40-28-37(36-26-21-30-13-6-7-17-35(30)27-36)29-42-43(40)39-19-10-11-20-41(39)50-42/h2-29H,1H3/b12-2-. The zero-order valence-electron chi connectivity index (χ0n) is 27.4. The third-order valence-electron chi connectivity index (χ3n) is 9.23. The van der Waals surface area contributed by atoms with Crippen LogP contribution in [0.1, 0.15) is 12.5 Å². The molecule has 50 heavy (non-hydrogen) atoms. The Kier molecular flexibility index (Phi) is 7.33. The second-order valence-electron chi connectivity index (χ2n) is 12.4. The van der Waals surface area contributed by atoms with Crippen LogP contribution in [0.4, 0.5) is 0 Å². The summed E-state index contributed by atoms with van der Waals surface area (Å²) in [6.45, 7) is 2.04. The number of para-hydroxylation sites is 1. The van der Waals surface area contributed by atoms with Gasteiger partial charge in [-0.05, 0) is 69.8 Å². The second-order valence-corrected chi connectivity index (χ2v) is 12.4. The molecule has 0 atom stereocenters. The van der Waals surface area contributed by atoms with Crippen molar-refractivity contribution in [3.8, 4) is 56.4 Å². The lowest BCUT2D eigenvalue weighted by Gasteiger charge is -2.12. The van der Waals surface area contributed by atoms with Gasteiger partial charge in [0.2, 0.25) is 0 Å². The van der Waals surface area contributed by atoms with Gasteiger partial charge in [0.25, 0.3) is 0 Å². The Bertz CT molecular complexity index is 2710. The Hall–Kier alpha value is -6.65. The zero-order valence-corrected chi connectivity index (χ0v) is 27.4. The number of hydrogen-bond acceptors (Lipinski definition) is 4. The molecule has 0 N–H and O–H groups in total. The number of nitrogens with zero attached hydrogens (tertiary/aromatic N) is 3. The summed E-state index contributed by atoms with van der Waals surface area (Å²) >= 11 is 0. The van der Waals surface area contributed by atoms with Crippen molar-refractivity contribution in [2.75, 3.05) is 0 Å². The van der Waals surface area contributed by atoms with Crippen molar-refractivity contribution in [3.63, 3.8) is 0 Å². The normalized spacial score (nSPS) is 11.6. The van der Waals surface area contributed by atoms with E-state index in [2.05, 4.69) is 121 Å². The summed E-state index contributed by atoms with van der Waals surface area (Å²) in [6.07, 6.45) is 4.21. The van der Waals surface area contributed by atoms with Crippen molar-refractivity contribution in [3.05, 3.63) is 169 Å². The van der Waals surface area contributed by atoms with Crippen LogP contribution in [0.25, 0.3) is 95.2 Å². The Morgan fingerprint density at radius 2 is 1.08 bits per heavy atom. The molecule has 0 spiro atoms. The van der Waals surface area contributed by atoms with Crippen LogP contribution in [0.15, 0.2) is 168 Å². The van der Waals surface area contributed by atoms with Gasteiger partial charge in [0, 0.05) is 27.5 Å². The summed E-state index contributed by atoms with van der Waals surface area (Å²) in [5.41, 5.74) is 9.97. The molecule has 0 saturated heterocycles. The number of benzene rings is 7. The van der Waals surface area contributed by atoms with Gasteiger partial charge < -0.3 is 4.42 Å². The Labute approximate surface area is 290 Å². The summed E-state index contributed by atoms with van der Waals surface area (Å²) in [5, 5.41) is 4.39. The average molecular weight is 642 g/mol. The Morgan fingerprint density at radius 3 is 1.90 bits per heavy atom. The first-order valence-corrected chi connectivity index (χ1v) is 16.8. The maximum Gasteiger partial charge on any atom is 0.164 e. The predicted molar refractivity (Wildman–Crippen MR) is 206 cm³/mol. The number of allylic oxidation sites excluding steroid dienone is 1. The van der Waals surface area contributed by atoms with Gasteiger partial charge in [-0.15, -0.1) is 0 Å². The molecule has 0 fully saturated rings. The Morgan fingerprint density at radius 1 is 0.440 bits per heavy atom. The van der Waals surface area contributed by atoms with Crippen molar-refractivity contribution in [1.29, 1.82) is 0 Å². The molecule has 0 aliphatic rings. The van der Waals surface area contributed by atoms with Crippen molar-refractivity contribution < 1.29 is 4.42 Å². The van der Waals surface area contributed by atoms with Gasteiger partial charge in [0.1, 0.15) is 11.2 Å². The minimum atomic E-state index is 0.593. The molecule has 236 valence electrons. The van der Waals surface area contributed by atoms with Crippen molar-refractivity contribution >= 4 is 38.8 Å². The maximum absolute atomic E-state index is 6.50. The highest BCUT2D eigenvalue weighted by Gasteiger charge is 2.20. The third-order valence-corrected chi connectivity index (χ3v) is 9.23. The van der Waals surface area contributed by atoms with E-state index in [1.165, 1.54) is 21.9 Å². The van der Waals surface area contributed by atoms with Gasteiger partial charge in [0.15, 0.2) is 17.5 Å². The lowest BCUT2D eigenvalue weighted by atomic mass is 9.96. The van der Waals surface area contributed by atoms with Crippen LogP contribution in [-0.2, 0) is 0 Å². The number of fused-ring (bicyclic) bond motifs is 4. The third kappa shape index (κ3) is 5.33. The molecule has 0 aliphatic carbocycles. The summed E-state index contributed by atoms with van der Waals surface area (Å²) in [6, 6.07) is 54.5. The minimum Gasteiger partial charge on any atom is -0.456 e. The molecule has 4 heteroatoms. The molecular weight excluding hydrogens is 611 g/mol. The highest BCUT2D eigenvalue weighted by molar-refractivity contribution is 6.13. The molecule has 0 amide bonds. The molecule has 2 heterocycles. The van der Waals surface area contributed by atoms with E-state index in [1.807, 2.05) is 55.5 Å². The fraction of sp³-hybridized carbons (Fsp3) is 0.0217. The molecule has 7 aromatic carbocycles. The Balaban J connectivity index is 1.26. The maximum atomic E-state index is 6.50. The van der Waals surface area contributed by atoms with E-state index < -0.39 is 0 Å². The first-order chi connectivity index (χ1) is 24.7. The van der Waals surface area contributed by atoms with Crippen LogP contribution in [0.2, 0.25) is 0 Å². The van der Waals surface area contributed by atoms with Gasteiger partial charge >= 0.3 is 0 Å². The topological polar surface area (TPSA) is 51.8 Å². The van der Waals surface area contributed by atoms with E-state index in [9.17, 15) is 0 Å². The summed E-state index contributed by atoms with van der Waals surface area (Å²) in [4.78, 5) is 15.4. The zero-order chi connectivity index (χ0) is 33.4. The monoisotopic (exact) mass is 641 g/mol. The van der Waals surface area contributed by atoms with Gasteiger partial charge in [-0.1, -0.05) is 146 Å². The molecular formula is C46H31N3O. The quantitative estimate of drug-likeness (QED) is 0.181. The second kappa shape index (κ2) is 12.4. The number of rotatable bonds is 6. The SMILES string of the molecule is C/C=C\c1ccccc1-c1ccc(-c2nc(-c3ccccc3)nc(-c3cc(-c4ccc5ccccc5c4)cc4oc5ccccc5c34)n2)cc1. The molecule has 0 saturated carbocycles. The van der Waals surface area contributed by atoms with Crippen LogP contribution in [0.3, 0.4) is 0 Å². The average Bonchev–Trinajstić information content (AvgIpc) is 3.57. The molecule has 0 radical (unpaired) electrons. The molecule has 2 aromatic heterocycles. The highest BCUT2D eigenvalue weighted by atomic mass is 16.3. The largest absolute Gasteiger partial charge is 0.456 e. The smallest absolute Gasteiger partial charge is 0.164 e. The molecule has 9 aromatic rings. The van der Waals surface area contributed by atoms with E-state index in [1.54, 1.807) is 0 Å². The van der Waals surface area contributed by atoms with Crippen molar-refractivity contribution in [1.82, 2.24) is 15.0 Å². The van der Waals surface area contributed by atoms with Crippen molar-refractivity contribution in [2.24, 2.45) is 0 Å². The van der Waals surface area contributed by atoms with E-state index in [0.717, 1.165) is 55.3 Å². The first-order valence-electron chi connectivity index (χ1n) is 16.8. The van der Waals surface area contributed by atoms with Gasteiger partial charge in [0.05, 0.1) is 0 Å². The number of furan rings is 1. The van der Waals surface area contributed by atoms with Gasteiger partial charge in [-0.3, -0.25) is 0 Å². The predicted octanol–water partition coefficient (Wildman–Crippen LogP) is 12.3. The van der Waals surface area contributed by atoms with E-state index >= 15 is 0 Å². The fourth-order valence-corrected chi connectivity index (χ4v) is 6.79. The lowest BCUT2D eigenvalue weighted by molar-refractivity contribution is 0.669. The summed E-state index contributed by atoms with van der Waals surface area (Å²) < 4.78 is 6.50. The van der Waals surface area contributed by atoms with Crippen LogP contribution >= 0.6 is 0 Å². The first kappa shape index (κ1) is 29.5. The van der Waals surface area contributed by atoms with Gasteiger partial charge in [-0.2, -0.15) is 0 Å². The molecule has 0 aliphatic heterocycles. The number of hydrogen-bond donors (Lipinski definition) is 0. The number of aromatic nitrogens is 3. The lowest BCUT2D eigenvalue weighted by Crippen LogP contribution is -2.00. The van der Waals surface area contributed by atoms with E-state index in [4.69, 9.17) is 19.4 Å². The van der Waals surface area contributed by atoms with Crippen LogP contribution in [0.5, 0.6) is 0 Å². The van der Waals surface area contributed by atoms with Crippen LogP contribution in [0, 0.1) is 0 Å². The molecule has 4 nitrogen and oxygen atoms in total. The summed E-state index contributed by atoms with van der Waals surface area (Å²) in [7, 11) is 0. The van der Waals surface area contributed by atoms with E-state index in [0.29, 0.717) is 17.5 Å². The van der Waals surface area contributed by atoms with Crippen LogP contribution in [-0.4, -0.2) is 15.0 Å². The molecule has 9 rings (SSSR count). The molecule has 0 bridgehead atoms. The van der Waals surface area contributed by atoms with Gasteiger partial charge in [-0.25, -0.2) is 15.0 Å². The van der Waals surface area contributed by atoms with Crippen LogP contribution < -0.4 is 0 Å². The minimum absolute atomic E-state index is 0.593. The van der Waals surface area contributed by atoms with E-state index in [-0.39, 0.29) is 0 Å². The van der Waals surface area contributed by atoms with Crippen molar-refractivity contribution in [2.45, 2.75) is 6.92 Å². The fourth-order valence-electron chi connectivity index (χ4n) is 6.79. The highest BCUT2D eigenvalue weighted by Crippen LogP contribution is 2.40. The summed E-state index contributed by atoms with van der Waals surface area (Å²) in [5.74, 6) is 1.82.